The van der Waals surface area contributed by atoms with Gasteiger partial charge in [-0.1, -0.05) is 18.2 Å². The molecule has 0 aromatic heterocycles. The molecule has 1 fully saturated rings. The highest BCUT2D eigenvalue weighted by Gasteiger charge is 2.40. The molecule has 0 unspecified atom stereocenters. The molecule has 0 bridgehead atoms. The van der Waals surface area contributed by atoms with Crippen LogP contribution in [0.15, 0.2) is 23.8 Å². The van der Waals surface area contributed by atoms with Crippen LogP contribution in [0.4, 0.5) is 0 Å². The number of ether oxygens (including phenoxy) is 1. The van der Waals surface area contributed by atoms with E-state index in [1.165, 1.54) is 7.11 Å². The monoisotopic (exact) mass is 209 g/mol. The van der Waals surface area contributed by atoms with Crippen molar-refractivity contribution in [2.75, 3.05) is 20.8 Å². The van der Waals surface area contributed by atoms with Crippen molar-refractivity contribution in [1.82, 2.24) is 5.06 Å². The smallest absolute Gasteiger partial charge is 0.313 e. The third-order valence-corrected chi connectivity index (χ3v) is 2.88. The van der Waals surface area contributed by atoms with E-state index in [1.54, 1.807) is 5.06 Å². The van der Waals surface area contributed by atoms with Gasteiger partial charge in [0.05, 0.1) is 19.8 Å². The first-order chi connectivity index (χ1) is 7.24. The molecule has 1 aliphatic heterocycles. The van der Waals surface area contributed by atoms with E-state index in [-0.39, 0.29) is 17.9 Å². The summed E-state index contributed by atoms with van der Waals surface area (Å²) in [4.78, 5) is 16.9. The molecular weight excluding hydrogens is 194 g/mol. The Labute approximate surface area is 89.1 Å². The Bertz CT molecular complexity index is 322. The second kappa shape index (κ2) is 4.16. The number of nitrogens with zero attached hydrogens (tertiary/aromatic N) is 1. The second-order valence-corrected chi connectivity index (χ2v) is 3.76. The SMILES string of the molecule is COC(=O)[C@H]1CON(C)[C@@H]1C1=CCC=C1. The first-order valence-corrected chi connectivity index (χ1v) is 5.04. The van der Waals surface area contributed by atoms with Crippen molar-refractivity contribution in [1.29, 1.82) is 0 Å². The lowest BCUT2D eigenvalue weighted by atomic mass is 9.95. The molecule has 82 valence electrons. The molecular formula is C11H15NO3. The summed E-state index contributed by atoms with van der Waals surface area (Å²) in [5.41, 5.74) is 1.14. The molecule has 0 radical (unpaired) electrons. The molecule has 0 N–H and O–H groups in total. The molecule has 0 amide bonds. The number of allylic oxidation sites excluding steroid dienone is 2. The van der Waals surface area contributed by atoms with E-state index in [9.17, 15) is 4.79 Å². The number of hydroxylamine groups is 2. The molecule has 15 heavy (non-hydrogen) atoms. The van der Waals surface area contributed by atoms with Crippen molar-refractivity contribution >= 4 is 5.97 Å². The maximum Gasteiger partial charge on any atom is 0.313 e. The molecule has 1 aliphatic carbocycles. The lowest BCUT2D eigenvalue weighted by Crippen LogP contribution is -2.34. The van der Waals surface area contributed by atoms with Gasteiger partial charge in [-0.05, 0) is 12.0 Å². The Balaban J connectivity index is 2.18. The standard InChI is InChI=1S/C11H15NO3/c1-12-10(8-5-3-4-6-8)9(7-15-12)11(13)14-2/h3,5-6,9-10H,4,7H2,1-2H3/t9-,10+/m0/s1. The zero-order valence-corrected chi connectivity index (χ0v) is 8.97. The van der Waals surface area contributed by atoms with Crippen LogP contribution in [0.5, 0.6) is 0 Å². The maximum absolute atomic E-state index is 11.5. The normalized spacial score (nSPS) is 30.7. The average Bonchev–Trinajstić information content (AvgIpc) is 2.85. The molecule has 0 saturated carbocycles. The van der Waals surface area contributed by atoms with E-state index in [2.05, 4.69) is 12.2 Å². The van der Waals surface area contributed by atoms with Gasteiger partial charge in [0, 0.05) is 7.05 Å². The second-order valence-electron chi connectivity index (χ2n) is 3.76. The lowest BCUT2D eigenvalue weighted by Gasteiger charge is -2.21. The highest BCUT2D eigenvalue weighted by Crippen LogP contribution is 2.29. The van der Waals surface area contributed by atoms with E-state index in [0.29, 0.717) is 6.61 Å². The molecule has 4 nitrogen and oxygen atoms in total. The first kappa shape index (κ1) is 10.4. The number of carbonyl (C=O) groups is 1. The van der Waals surface area contributed by atoms with Crippen molar-refractivity contribution in [2.45, 2.75) is 12.5 Å². The summed E-state index contributed by atoms with van der Waals surface area (Å²) in [5, 5.41) is 1.74. The van der Waals surface area contributed by atoms with Crippen LogP contribution in [0, 0.1) is 5.92 Å². The van der Waals surface area contributed by atoms with Crippen LogP contribution < -0.4 is 0 Å². The first-order valence-electron chi connectivity index (χ1n) is 5.04. The van der Waals surface area contributed by atoms with Crippen LogP contribution in [0.3, 0.4) is 0 Å². The van der Waals surface area contributed by atoms with Gasteiger partial charge in [-0.2, -0.15) is 5.06 Å². The Hall–Kier alpha value is -1.13. The van der Waals surface area contributed by atoms with Crippen LogP contribution in [0.25, 0.3) is 0 Å². The topological polar surface area (TPSA) is 38.8 Å². The summed E-state index contributed by atoms with van der Waals surface area (Å²) in [6.45, 7) is 0.402. The molecule has 2 aliphatic rings. The molecule has 1 saturated heterocycles. The van der Waals surface area contributed by atoms with Gasteiger partial charge in [0.1, 0.15) is 5.92 Å². The molecule has 2 atom stereocenters. The number of esters is 1. The quantitative estimate of drug-likeness (QED) is 0.634. The Kier molecular flexibility index (Phi) is 2.88. The summed E-state index contributed by atoms with van der Waals surface area (Å²) < 4.78 is 4.78. The van der Waals surface area contributed by atoms with Crippen LogP contribution in [-0.4, -0.2) is 37.8 Å². The van der Waals surface area contributed by atoms with Gasteiger partial charge in [-0.3, -0.25) is 9.63 Å². The van der Waals surface area contributed by atoms with Gasteiger partial charge in [0.15, 0.2) is 0 Å². The van der Waals surface area contributed by atoms with Gasteiger partial charge in [0.25, 0.3) is 0 Å². The van der Waals surface area contributed by atoms with Crippen molar-refractivity contribution in [3.05, 3.63) is 23.8 Å². The van der Waals surface area contributed by atoms with E-state index >= 15 is 0 Å². The van der Waals surface area contributed by atoms with E-state index in [1.807, 2.05) is 13.1 Å². The van der Waals surface area contributed by atoms with Gasteiger partial charge in [0.2, 0.25) is 0 Å². The predicted octanol–water partition coefficient (Wildman–Crippen LogP) is 0.907. The summed E-state index contributed by atoms with van der Waals surface area (Å²) >= 11 is 0. The predicted molar refractivity (Wildman–Crippen MR) is 54.8 cm³/mol. The number of carbonyl (C=O) groups excluding carboxylic acids is 1. The van der Waals surface area contributed by atoms with Crippen LogP contribution in [0.1, 0.15) is 6.42 Å². The van der Waals surface area contributed by atoms with Gasteiger partial charge < -0.3 is 4.74 Å². The fourth-order valence-electron chi connectivity index (χ4n) is 2.11. The largest absolute Gasteiger partial charge is 0.469 e. The van der Waals surface area contributed by atoms with Gasteiger partial charge in [-0.25, -0.2) is 0 Å². The Morgan fingerprint density at radius 1 is 1.67 bits per heavy atom. The van der Waals surface area contributed by atoms with Crippen molar-refractivity contribution in [3.63, 3.8) is 0 Å². The lowest BCUT2D eigenvalue weighted by molar-refractivity contribution is -0.145. The van der Waals surface area contributed by atoms with Crippen molar-refractivity contribution in [2.24, 2.45) is 5.92 Å². The van der Waals surface area contributed by atoms with Crippen LogP contribution >= 0.6 is 0 Å². The van der Waals surface area contributed by atoms with Crippen molar-refractivity contribution < 1.29 is 14.4 Å². The molecule has 0 aromatic carbocycles. The number of hydrogen-bond donors (Lipinski definition) is 0. The zero-order valence-electron chi connectivity index (χ0n) is 8.97. The Morgan fingerprint density at radius 3 is 3.07 bits per heavy atom. The van der Waals surface area contributed by atoms with E-state index in [0.717, 1.165) is 12.0 Å². The molecule has 0 aromatic rings. The highest BCUT2D eigenvalue weighted by atomic mass is 16.7. The number of likely N-dealkylation sites (N-methyl/N-ethyl adjacent to an activating group) is 1. The molecule has 4 heteroatoms. The summed E-state index contributed by atoms with van der Waals surface area (Å²) in [7, 11) is 3.26. The third-order valence-electron chi connectivity index (χ3n) is 2.88. The number of hydrogen-bond acceptors (Lipinski definition) is 4. The average molecular weight is 209 g/mol. The number of methoxy groups -OCH3 is 1. The fourth-order valence-corrected chi connectivity index (χ4v) is 2.11. The minimum atomic E-state index is -0.214. The highest BCUT2D eigenvalue weighted by molar-refractivity contribution is 5.74. The van der Waals surface area contributed by atoms with E-state index in [4.69, 9.17) is 9.57 Å². The zero-order chi connectivity index (χ0) is 10.8. The summed E-state index contributed by atoms with van der Waals surface area (Å²) in [5.74, 6) is -0.417. The van der Waals surface area contributed by atoms with E-state index < -0.39 is 0 Å². The third kappa shape index (κ3) is 1.82. The molecule has 2 rings (SSSR count). The maximum atomic E-state index is 11.5. The minimum absolute atomic E-state index is 0.00352. The molecule has 1 heterocycles. The summed E-state index contributed by atoms with van der Waals surface area (Å²) in [6, 6.07) is -0.00352. The molecule has 0 spiro atoms. The van der Waals surface area contributed by atoms with Crippen LogP contribution in [-0.2, 0) is 14.4 Å². The fraction of sp³-hybridized carbons (Fsp3) is 0.545. The minimum Gasteiger partial charge on any atom is -0.469 e. The van der Waals surface area contributed by atoms with Gasteiger partial charge >= 0.3 is 5.97 Å². The van der Waals surface area contributed by atoms with Gasteiger partial charge in [-0.15, -0.1) is 0 Å². The Morgan fingerprint density at radius 2 is 2.47 bits per heavy atom. The number of rotatable bonds is 2. The summed E-state index contributed by atoms with van der Waals surface area (Å²) in [6.07, 6.45) is 7.18. The van der Waals surface area contributed by atoms with Crippen LogP contribution in [0.2, 0.25) is 0 Å². The van der Waals surface area contributed by atoms with Crippen molar-refractivity contribution in [3.8, 4) is 0 Å².